The number of rotatable bonds is 4. The smallest absolute Gasteiger partial charge is 0.230 e. The molecule has 1 aromatic rings. The van der Waals surface area contributed by atoms with Gasteiger partial charge in [-0.3, -0.25) is 4.79 Å². The van der Waals surface area contributed by atoms with E-state index in [1.807, 2.05) is 12.1 Å². The lowest BCUT2D eigenvalue weighted by Crippen LogP contribution is -2.52. The van der Waals surface area contributed by atoms with Gasteiger partial charge in [-0.2, -0.15) is 0 Å². The predicted octanol–water partition coefficient (Wildman–Crippen LogP) is 2.99. The minimum atomic E-state index is -0.320. The molecule has 1 aliphatic heterocycles. The Labute approximate surface area is 135 Å². The van der Waals surface area contributed by atoms with E-state index in [0.717, 1.165) is 49.8 Å². The largest absolute Gasteiger partial charge is 0.355 e. The van der Waals surface area contributed by atoms with Crippen molar-refractivity contribution in [3.8, 4) is 0 Å². The Morgan fingerprint density at radius 3 is 2.67 bits per heavy atom. The van der Waals surface area contributed by atoms with E-state index in [2.05, 4.69) is 38.7 Å². The number of amides is 1. The van der Waals surface area contributed by atoms with Crippen molar-refractivity contribution in [3.05, 3.63) is 34.3 Å². The first-order chi connectivity index (χ1) is 10.2. The first-order valence-electron chi connectivity index (χ1n) is 7.96. The van der Waals surface area contributed by atoms with Gasteiger partial charge in [0.15, 0.2) is 0 Å². The van der Waals surface area contributed by atoms with E-state index in [4.69, 9.17) is 0 Å². The van der Waals surface area contributed by atoms with E-state index in [9.17, 15) is 4.79 Å². The lowest BCUT2D eigenvalue weighted by atomic mass is 9.68. The maximum Gasteiger partial charge on any atom is 0.230 e. The molecule has 2 N–H and O–H groups in total. The molecule has 1 aliphatic carbocycles. The van der Waals surface area contributed by atoms with Gasteiger partial charge in [-0.1, -0.05) is 47.3 Å². The second-order valence-corrected chi connectivity index (χ2v) is 7.30. The Balaban J connectivity index is 1.79. The molecule has 0 atom stereocenters. The minimum absolute atomic E-state index is 0.229. The molecule has 21 heavy (non-hydrogen) atoms. The summed E-state index contributed by atoms with van der Waals surface area (Å²) < 4.78 is 1.06. The van der Waals surface area contributed by atoms with Crippen LogP contribution < -0.4 is 10.6 Å². The highest BCUT2D eigenvalue weighted by Gasteiger charge is 2.41. The van der Waals surface area contributed by atoms with Crippen molar-refractivity contribution in [2.24, 2.45) is 5.92 Å². The number of carbonyl (C=O) groups excluding carboxylic acids is 1. The van der Waals surface area contributed by atoms with Crippen molar-refractivity contribution < 1.29 is 4.79 Å². The maximum atomic E-state index is 12.9. The van der Waals surface area contributed by atoms with Gasteiger partial charge in [-0.25, -0.2) is 0 Å². The second kappa shape index (κ2) is 6.49. The SMILES string of the molecule is O=C(NCC1CNC1)C1(c2cccc(Br)c2)CCCCC1. The van der Waals surface area contributed by atoms with Crippen LogP contribution in [0.4, 0.5) is 0 Å². The van der Waals surface area contributed by atoms with Crippen LogP contribution in [0.15, 0.2) is 28.7 Å². The Kier molecular flexibility index (Phi) is 4.65. The highest BCUT2D eigenvalue weighted by molar-refractivity contribution is 9.10. The summed E-state index contributed by atoms with van der Waals surface area (Å²) in [6.07, 6.45) is 5.47. The monoisotopic (exact) mass is 350 g/mol. The Hall–Kier alpha value is -0.870. The molecule has 1 saturated carbocycles. The summed E-state index contributed by atoms with van der Waals surface area (Å²) in [5.41, 5.74) is 0.847. The molecule has 1 aromatic carbocycles. The average Bonchev–Trinajstić information content (AvgIpc) is 2.46. The lowest BCUT2D eigenvalue weighted by molar-refractivity contribution is -0.128. The number of nitrogens with one attached hydrogen (secondary N) is 2. The van der Waals surface area contributed by atoms with Crippen molar-refractivity contribution >= 4 is 21.8 Å². The molecular formula is C17H23BrN2O. The molecule has 0 spiro atoms. The van der Waals surface area contributed by atoms with Gasteiger partial charge >= 0.3 is 0 Å². The summed E-state index contributed by atoms with van der Waals surface area (Å²) in [5.74, 6) is 0.837. The van der Waals surface area contributed by atoms with Gasteiger partial charge in [-0.15, -0.1) is 0 Å². The minimum Gasteiger partial charge on any atom is -0.355 e. The van der Waals surface area contributed by atoms with Crippen LogP contribution in [0.25, 0.3) is 0 Å². The van der Waals surface area contributed by atoms with E-state index < -0.39 is 0 Å². The first kappa shape index (κ1) is 15.0. The normalized spacial score (nSPS) is 21.6. The third-order valence-electron chi connectivity index (χ3n) is 4.94. The van der Waals surface area contributed by atoms with E-state index in [1.54, 1.807) is 0 Å². The third-order valence-corrected chi connectivity index (χ3v) is 5.43. The molecule has 0 bridgehead atoms. The van der Waals surface area contributed by atoms with Gasteiger partial charge in [0.2, 0.25) is 5.91 Å². The van der Waals surface area contributed by atoms with Crippen LogP contribution in [0.2, 0.25) is 0 Å². The second-order valence-electron chi connectivity index (χ2n) is 6.39. The number of hydrogen-bond donors (Lipinski definition) is 2. The van der Waals surface area contributed by atoms with Crippen molar-refractivity contribution in [2.75, 3.05) is 19.6 Å². The predicted molar refractivity (Wildman–Crippen MR) is 88.3 cm³/mol. The molecule has 1 heterocycles. The quantitative estimate of drug-likeness (QED) is 0.876. The molecule has 1 amide bonds. The molecule has 3 nitrogen and oxygen atoms in total. The lowest BCUT2D eigenvalue weighted by Gasteiger charge is -2.37. The zero-order valence-corrected chi connectivity index (χ0v) is 13.9. The molecule has 2 aliphatic rings. The standard InChI is InChI=1S/C17H23BrN2O/c18-15-6-4-5-14(9-15)17(7-2-1-3-8-17)16(21)20-12-13-10-19-11-13/h4-6,9,13,19H,1-3,7-8,10-12H2,(H,20,21). The third kappa shape index (κ3) is 3.16. The molecule has 0 aromatic heterocycles. The Morgan fingerprint density at radius 2 is 2.05 bits per heavy atom. The van der Waals surface area contributed by atoms with Crippen LogP contribution in [0.5, 0.6) is 0 Å². The zero-order valence-electron chi connectivity index (χ0n) is 12.3. The van der Waals surface area contributed by atoms with Crippen LogP contribution in [0, 0.1) is 5.92 Å². The van der Waals surface area contributed by atoms with Gasteiger partial charge in [-0.05, 0) is 30.5 Å². The van der Waals surface area contributed by atoms with Gasteiger partial charge in [0, 0.05) is 30.0 Å². The van der Waals surface area contributed by atoms with E-state index in [0.29, 0.717) is 5.92 Å². The van der Waals surface area contributed by atoms with Crippen LogP contribution in [0.1, 0.15) is 37.7 Å². The summed E-state index contributed by atoms with van der Waals surface area (Å²) in [6.45, 7) is 2.87. The van der Waals surface area contributed by atoms with Crippen molar-refractivity contribution in [3.63, 3.8) is 0 Å². The van der Waals surface area contributed by atoms with Crippen molar-refractivity contribution in [1.82, 2.24) is 10.6 Å². The van der Waals surface area contributed by atoms with Crippen LogP contribution in [-0.2, 0) is 10.2 Å². The van der Waals surface area contributed by atoms with Crippen LogP contribution in [-0.4, -0.2) is 25.5 Å². The van der Waals surface area contributed by atoms with E-state index >= 15 is 0 Å². The summed E-state index contributed by atoms with van der Waals surface area (Å²) in [4.78, 5) is 12.9. The van der Waals surface area contributed by atoms with Gasteiger partial charge in [0.25, 0.3) is 0 Å². The highest BCUT2D eigenvalue weighted by Crippen LogP contribution is 2.40. The fourth-order valence-corrected chi connectivity index (χ4v) is 3.89. The fourth-order valence-electron chi connectivity index (χ4n) is 3.49. The van der Waals surface area contributed by atoms with Gasteiger partial charge in [0.1, 0.15) is 0 Å². The molecule has 2 fully saturated rings. The fraction of sp³-hybridized carbons (Fsp3) is 0.588. The number of carbonyl (C=O) groups is 1. The zero-order chi connectivity index (χ0) is 14.7. The summed E-state index contributed by atoms with van der Waals surface area (Å²) in [7, 11) is 0. The molecule has 3 rings (SSSR count). The van der Waals surface area contributed by atoms with Gasteiger partial charge < -0.3 is 10.6 Å². The number of hydrogen-bond acceptors (Lipinski definition) is 2. The molecular weight excluding hydrogens is 328 g/mol. The number of benzene rings is 1. The molecule has 0 radical (unpaired) electrons. The summed E-state index contributed by atoms with van der Waals surface area (Å²) in [6, 6.07) is 8.30. The summed E-state index contributed by atoms with van der Waals surface area (Å²) >= 11 is 3.54. The van der Waals surface area contributed by atoms with Gasteiger partial charge in [0.05, 0.1) is 5.41 Å². The topological polar surface area (TPSA) is 41.1 Å². The maximum absolute atomic E-state index is 12.9. The van der Waals surface area contributed by atoms with Crippen LogP contribution >= 0.6 is 15.9 Å². The van der Waals surface area contributed by atoms with Crippen molar-refractivity contribution in [1.29, 1.82) is 0 Å². The Morgan fingerprint density at radius 1 is 1.29 bits per heavy atom. The molecule has 0 unspecified atom stereocenters. The van der Waals surface area contributed by atoms with E-state index in [-0.39, 0.29) is 11.3 Å². The number of halogens is 1. The first-order valence-corrected chi connectivity index (χ1v) is 8.75. The summed E-state index contributed by atoms with van der Waals surface area (Å²) in [5, 5.41) is 6.47. The highest BCUT2D eigenvalue weighted by atomic mass is 79.9. The van der Waals surface area contributed by atoms with Crippen molar-refractivity contribution in [2.45, 2.75) is 37.5 Å². The molecule has 4 heteroatoms. The molecule has 1 saturated heterocycles. The Bertz CT molecular complexity index is 507. The molecule has 114 valence electrons. The average molecular weight is 351 g/mol. The van der Waals surface area contributed by atoms with Crippen LogP contribution in [0.3, 0.4) is 0 Å². The van der Waals surface area contributed by atoms with E-state index in [1.165, 1.54) is 12.0 Å².